The minimum absolute atomic E-state index is 0.155. The molecule has 7 aromatic rings. The molecule has 0 aromatic heterocycles. The van der Waals surface area contributed by atoms with Gasteiger partial charge < -0.3 is 4.90 Å². The maximum atomic E-state index is 2.58. The summed E-state index contributed by atoms with van der Waals surface area (Å²) in [6.07, 6.45) is 0. The van der Waals surface area contributed by atoms with Crippen LogP contribution in [-0.2, 0) is 5.41 Å². The van der Waals surface area contributed by atoms with Gasteiger partial charge in [0, 0.05) is 21.9 Å². The van der Waals surface area contributed by atoms with Gasteiger partial charge in [-0.2, -0.15) is 0 Å². The van der Waals surface area contributed by atoms with E-state index >= 15 is 0 Å². The lowest BCUT2D eigenvalue weighted by molar-refractivity contribution is 0.660. The highest BCUT2D eigenvalue weighted by Gasteiger charge is 2.38. The highest BCUT2D eigenvalue weighted by Crippen LogP contribution is 2.56. The van der Waals surface area contributed by atoms with Gasteiger partial charge in [-0.1, -0.05) is 135 Å². The van der Waals surface area contributed by atoms with E-state index in [0.717, 1.165) is 0 Å². The van der Waals surface area contributed by atoms with Crippen LogP contribution in [0.15, 0.2) is 133 Å². The van der Waals surface area contributed by atoms with Crippen molar-refractivity contribution in [3.8, 4) is 33.4 Å². The highest BCUT2D eigenvalue weighted by atomic mass is 15.1. The summed E-state index contributed by atoms with van der Waals surface area (Å²) in [7, 11) is 0. The predicted octanol–water partition coefficient (Wildman–Crippen LogP) is 13.5. The summed E-state index contributed by atoms with van der Waals surface area (Å²) < 4.78 is 0. The van der Waals surface area contributed by atoms with Crippen molar-refractivity contribution >= 4 is 27.8 Å². The fourth-order valence-corrected chi connectivity index (χ4v) is 8.34. The van der Waals surface area contributed by atoms with Crippen LogP contribution in [0.25, 0.3) is 44.2 Å². The number of anilines is 3. The van der Waals surface area contributed by atoms with Crippen LogP contribution in [-0.4, -0.2) is 0 Å². The topological polar surface area (TPSA) is 3.24 Å². The largest absolute Gasteiger partial charge is 0.309 e. The number of aryl methyl sites for hydroxylation is 5. The molecule has 0 atom stereocenters. The number of hydrogen-bond acceptors (Lipinski definition) is 1. The molecule has 0 saturated heterocycles. The van der Waals surface area contributed by atoms with Gasteiger partial charge in [0.25, 0.3) is 0 Å². The van der Waals surface area contributed by atoms with E-state index in [2.05, 4.69) is 187 Å². The van der Waals surface area contributed by atoms with Crippen LogP contribution in [0.3, 0.4) is 0 Å². The van der Waals surface area contributed by atoms with Crippen molar-refractivity contribution in [1.29, 1.82) is 0 Å². The first kappa shape index (κ1) is 30.9. The van der Waals surface area contributed by atoms with E-state index in [1.54, 1.807) is 0 Å². The number of nitrogens with zero attached hydrogens (tertiary/aromatic N) is 1. The summed E-state index contributed by atoms with van der Waals surface area (Å²) in [5, 5.41) is 2.55. The van der Waals surface area contributed by atoms with Crippen LogP contribution in [0.4, 0.5) is 17.1 Å². The van der Waals surface area contributed by atoms with E-state index in [1.807, 2.05) is 0 Å². The quantitative estimate of drug-likeness (QED) is 0.182. The molecule has 0 fully saturated rings. The third-order valence-electron chi connectivity index (χ3n) is 10.9. The highest BCUT2D eigenvalue weighted by molar-refractivity contribution is 6.11. The molecule has 7 aromatic carbocycles. The Morgan fingerprint density at radius 1 is 0.388 bits per heavy atom. The van der Waals surface area contributed by atoms with Crippen LogP contribution >= 0.6 is 0 Å². The van der Waals surface area contributed by atoms with Crippen molar-refractivity contribution in [2.75, 3.05) is 4.90 Å². The van der Waals surface area contributed by atoms with Crippen molar-refractivity contribution in [2.24, 2.45) is 0 Å². The zero-order valence-corrected chi connectivity index (χ0v) is 29.6. The average molecular weight is 634 g/mol. The van der Waals surface area contributed by atoms with Crippen molar-refractivity contribution < 1.29 is 0 Å². The minimum Gasteiger partial charge on any atom is -0.309 e. The Labute approximate surface area is 291 Å². The normalized spacial score (nSPS) is 13.0. The van der Waals surface area contributed by atoms with Crippen molar-refractivity contribution in [3.63, 3.8) is 0 Å². The van der Waals surface area contributed by atoms with Gasteiger partial charge in [-0.25, -0.2) is 0 Å². The maximum Gasteiger partial charge on any atom is 0.0544 e. The Morgan fingerprint density at radius 2 is 0.898 bits per heavy atom. The first-order valence-electron chi connectivity index (χ1n) is 17.5. The van der Waals surface area contributed by atoms with Crippen LogP contribution in [0, 0.1) is 34.6 Å². The number of hydrogen-bond donors (Lipinski definition) is 0. The van der Waals surface area contributed by atoms with Crippen molar-refractivity contribution in [3.05, 3.63) is 172 Å². The van der Waals surface area contributed by atoms with E-state index in [0.29, 0.717) is 0 Å². The first-order valence-corrected chi connectivity index (χ1v) is 17.5. The minimum atomic E-state index is -0.155. The Bertz CT molecular complexity index is 2330. The second-order valence-electron chi connectivity index (χ2n) is 14.4. The van der Waals surface area contributed by atoms with E-state index < -0.39 is 0 Å². The summed E-state index contributed by atoms with van der Waals surface area (Å²) in [6, 6.07) is 49.8. The maximum absolute atomic E-state index is 2.58. The van der Waals surface area contributed by atoms with Crippen molar-refractivity contribution in [1.82, 2.24) is 0 Å². The molecule has 8 rings (SSSR count). The molecule has 0 spiro atoms. The van der Waals surface area contributed by atoms with Gasteiger partial charge in [-0.05, 0) is 114 Å². The summed E-state index contributed by atoms with van der Waals surface area (Å²) in [5.41, 5.74) is 20.3. The van der Waals surface area contributed by atoms with Crippen LogP contribution in [0.5, 0.6) is 0 Å². The molecule has 0 radical (unpaired) electrons. The third-order valence-corrected chi connectivity index (χ3v) is 10.9. The van der Waals surface area contributed by atoms with Gasteiger partial charge in [0.1, 0.15) is 0 Å². The van der Waals surface area contributed by atoms with Crippen LogP contribution < -0.4 is 4.90 Å². The molecule has 1 heteroatoms. The molecule has 240 valence electrons. The van der Waals surface area contributed by atoms with Crippen molar-refractivity contribution in [2.45, 2.75) is 53.9 Å². The molecule has 49 heavy (non-hydrogen) atoms. The molecule has 0 amide bonds. The lowest BCUT2D eigenvalue weighted by Gasteiger charge is -2.34. The lowest BCUT2D eigenvalue weighted by Crippen LogP contribution is -2.18. The SMILES string of the molecule is Cc1ccc2c(c1)C(C)(C)c1cc(N(c3cccc(C)c3-c3ccccc3C)c3cccc(C)c3-c3ccccc3C)c3ccccc3c1-2. The predicted molar refractivity (Wildman–Crippen MR) is 211 cm³/mol. The summed E-state index contributed by atoms with van der Waals surface area (Å²) >= 11 is 0. The van der Waals surface area contributed by atoms with Gasteiger partial charge >= 0.3 is 0 Å². The summed E-state index contributed by atoms with van der Waals surface area (Å²) in [5.74, 6) is 0. The number of benzene rings is 7. The molecule has 0 bridgehead atoms. The first-order chi connectivity index (χ1) is 23.7. The van der Waals surface area contributed by atoms with Gasteiger partial charge in [0.15, 0.2) is 0 Å². The molecule has 1 aliphatic carbocycles. The van der Waals surface area contributed by atoms with E-state index in [4.69, 9.17) is 0 Å². The molecular formula is C48H43N. The Morgan fingerprint density at radius 3 is 1.47 bits per heavy atom. The smallest absolute Gasteiger partial charge is 0.0544 e. The standard InChI is InChI=1S/C48H43N/c1-30-26-27-39-40(28-30)48(6,7)41-29-44(37-22-12-13-23-38(37)47(39)41)49(42-24-14-18-33(4)45(42)35-20-10-8-16-31(35)2)43-25-15-19-34(5)46(43)36-21-11-9-17-32(36)3/h8-29H,1-7H3. The fraction of sp³-hybridized carbons (Fsp3) is 0.167. The molecule has 0 aliphatic heterocycles. The molecular weight excluding hydrogens is 591 g/mol. The molecule has 0 heterocycles. The van der Waals surface area contributed by atoms with E-state index in [1.165, 1.54) is 100 Å². The lowest BCUT2D eigenvalue weighted by atomic mass is 9.81. The monoisotopic (exact) mass is 633 g/mol. The van der Waals surface area contributed by atoms with Gasteiger partial charge in [-0.3, -0.25) is 0 Å². The van der Waals surface area contributed by atoms with Crippen LogP contribution in [0.2, 0.25) is 0 Å². The second-order valence-corrected chi connectivity index (χ2v) is 14.4. The summed E-state index contributed by atoms with van der Waals surface area (Å²) in [6.45, 7) is 16.0. The third kappa shape index (κ3) is 4.83. The zero-order chi connectivity index (χ0) is 34.0. The van der Waals surface area contributed by atoms with E-state index in [-0.39, 0.29) is 5.41 Å². The van der Waals surface area contributed by atoms with Gasteiger partial charge in [0.2, 0.25) is 0 Å². The fourth-order valence-electron chi connectivity index (χ4n) is 8.34. The van der Waals surface area contributed by atoms with Crippen LogP contribution in [0.1, 0.15) is 52.8 Å². The zero-order valence-electron chi connectivity index (χ0n) is 29.6. The molecule has 1 aliphatic rings. The molecule has 1 nitrogen and oxygen atoms in total. The molecule has 0 N–H and O–H groups in total. The number of rotatable bonds is 5. The second kappa shape index (κ2) is 11.6. The Kier molecular flexibility index (Phi) is 7.34. The van der Waals surface area contributed by atoms with Gasteiger partial charge in [0.05, 0.1) is 17.1 Å². The van der Waals surface area contributed by atoms with Gasteiger partial charge in [-0.15, -0.1) is 0 Å². The summed E-state index contributed by atoms with van der Waals surface area (Å²) in [4.78, 5) is 2.58. The molecule has 0 saturated carbocycles. The Balaban J connectivity index is 1.54. The Hall–Kier alpha value is -5.40. The molecule has 0 unspecified atom stereocenters. The number of fused-ring (bicyclic) bond motifs is 5. The average Bonchev–Trinajstić information content (AvgIpc) is 3.31. The van der Waals surface area contributed by atoms with E-state index in [9.17, 15) is 0 Å².